The highest BCUT2D eigenvalue weighted by atomic mass is 79.9. The molecule has 3 rings (SSSR count). The van der Waals surface area contributed by atoms with Gasteiger partial charge >= 0.3 is 0 Å². The van der Waals surface area contributed by atoms with E-state index in [0.29, 0.717) is 5.41 Å². The van der Waals surface area contributed by atoms with Crippen molar-refractivity contribution in [3.8, 4) is 0 Å². The van der Waals surface area contributed by atoms with Crippen LogP contribution in [-0.4, -0.2) is 15.6 Å². The van der Waals surface area contributed by atoms with Crippen LogP contribution >= 0.6 is 31.9 Å². The second-order valence-corrected chi connectivity index (χ2v) is 9.73. The summed E-state index contributed by atoms with van der Waals surface area (Å²) in [5.41, 5.74) is 4.54. The van der Waals surface area contributed by atoms with E-state index in [2.05, 4.69) is 73.3 Å². The highest BCUT2D eigenvalue weighted by Crippen LogP contribution is 2.43. The molecular formula is C24H33Br2N. The van der Waals surface area contributed by atoms with Crippen LogP contribution in [0, 0.1) is 5.41 Å². The molecule has 1 aliphatic carbocycles. The topological polar surface area (TPSA) is 15.8 Å². The van der Waals surface area contributed by atoms with E-state index in [1.165, 1.54) is 92.8 Å². The van der Waals surface area contributed by atoms with Crippen LogP contribution in [0.25, 0.3) is 17.0 Å². The lowest BCUT2D eigenvalue weighted by Gasteiger charge is -2.34. The largest absolute Gasteiger partial charge is 0.358 e. The van der Waals surface area contributed by atoms with E-state index in [0.717, 1.165) is 10.7 Å². The zero-order valence-electron chi connectivity index (χ0n) is 16.4. The number of hydrogen-bond donors (Lipinski definition) is 1. The number of aromatic nitrogens is 1. The average molecular weight is 495 g/mol. The molecule has 0 radical (unpaired) electrons. The number of benzene rings is 1. The van der Waals surface area contributed by atoms with Crippen LogP contribution in [0.3, 0.4) is 0 Å². The number of alkyl halides is 2. The third-order valence-electron chi connectivity index (χ3n) is 6.08. The molecule has 1 aromatic heterocycles. The quantitative estimate of drug-likeness (QED) is 0.225. The van der Waals surface area contributed by atoms with Crippen molar-refractivity contribution in [1.29, 1.82) is 0 Å². The summed E-state index contributed by atoms with van der Waals surface area (Å²) in [6, 6.07) is 8.75. The molecule has 0 atom stereocenters. The number of rotatable bonds is 12. The molecule has 1 N–H and O–H groups in total. The van der Waals surface area contributed by atoms with E-state index >= 15 is 0 Å². The van der Waals surface area contributed by atoms with E-state index in [1.54, 1.807) is 0 Å². The van der Waals surface area contributed by atoms with E-state index in [4.69, 9.17) is 0 Å². The summed E-state index contributed by atoms with van der Waals surface area (Å²) in [5, 5.41) is 3.67. The Bertz CT molecular complexity index is 717. The van der Waals surface area contributed by atoms with Crippen LogP contribution < -0.4 is 0 Å². The van der Waals surface area contributed by atoms with Crippen molar-refractivity contribution in [2.75, 3.05) is 10.7 Å². The first kappa shape index (κ1) is 21.2. The smallest absolute Gasteiger partial charge is 0.0462 e. The van der Waals surface area contributed by atoms with Gasteiger partial charge in [-0.1, -0.05) is 101 Å². The van der Waals surface area contributed by atoms with Crippen molar-refractivity contribution in [3.63, 3.8) is 0 Å². The molecule has 148 valence electrons. The minimum atomic E-state index is 0.358. The summed E-state index contributed by atoms with van der Waals surface area (Å²) in [5.74, 6) is 0. The zero-order valence-corrected chi connectivity index (χ0v) is 19.6. The molecule has 0 spiro atoms. The van der Waals surface area contributed by atoms with Gasteiger partial charge in [-0.05, 0) is 43.6 Å². The van der Waals surface area contributed by atoms with E-state index in [-0.39, 0.29) is 0 Å². The second-order valence-electron chi connectivity index (χ2n) is 8.14. The van der Waals surface area contributed by atoms with E-state index in [1.807, 2.05) is 0 Å². The van der Waals surface area contributed by atoms with Crippen LogP contribution in [0.5, 0.6) is 0 Å². The Labute approximate surface area is 181 Å². The number of para-hydroxylation sites is 1. The first-order chi connectivity index (χ1) is 13.3. The third kappa shape index (κ3) is 5.73. The number of nitrogens with one attached hydrogen (secondary N) is 1. The van der Waals surface area contributed by atoms with Gasteiger partial charge < -0.3 is 4.98 Å². The lowest BCUT2D eigenvalue weighted by atomic mass is 9.71. The van der Waals surface area contributed by atoms with Gasteiger partial charge in [-0.25, -0.2) is 0 Å². The summed E-state index contributed by atoms with van der Waals surface area (Å²) in [4.78, 5) is 3.73. The van der Waals surface area contributed by atoms with Crippen molar-refractivity contribution in [2.24, 2.45) is 5.41 Å². The van der Waals surface area contributed by atoms with E-state index < -0.39 is 0 Å². The van der Waals surface area contributed by atoms with Crippen LogP contribution in [0.4, 0.5) is 0 Å². The van der Waals surface area contributed by atoms with Gasteiger partial charge in [-0.15, -0.1) is 0 Å². The number of H-pyrrole nitrogens is 1. The van der Waals surface area contributed by atoms with Gasteiger partial charge in [0, 0.05) is 32.8 Å². The summed E-state index contributed by atoms with van der Waals surface area (Å²) in [6.45, 7) is 0. The molecule has 0 unspecified atom stereocenters. The lowest BCUT2D eigenvalue weighted by Crippen LogP contribution is -2.24. The monoisotopic (exact) mass is 493 g/mol. The highest BCUT2D eigenvalue weighted by molar-refractivity contribution is 9.09. The highest BCUT2D eigenvalue weighted by Gasteiger charge is 2.31. The van der Waals surface area contributed by atoms with Crippen molar-refractivity contribution in [3.05, 3.63) is 41.6 Å². The summed E-state index contributed by atoms with van der Waals surface area (Å²) >= 11 is 7.12. The molecular weight excluding hydrogens is 462 g/mol. The number of unbranched alkanes of at least 4 members (excludes halogenated alkanes) is 6. The van der Waals surface area contributed by atoms with Crippen LogP contribution in [0.15, 0.2) is 30.3 Å². The lowest BCUT2D eigenvalue weighted by molar-refractivity contribution is 0.291. The van der Waals surface area contributed by atoms with Crippen molar-refractivity contribution in [1.82, 2.24) is 4.98 Å². The maximum atomic E-state index is 3.73. The predicted molar refractivity (Wildman–Crippen MR) is 127 cm³/mol. The molecule has 0 saturated heterocycles. The molecule has 0 aliphatic heterocycles. The fourth-order valence-corrected chi connectivity index (χ4v) is 5.33. The molecule has 3 heteroatoms. The Balaban J connectivity index is 1.68. The maximum Gasteiger partial charge on any atom is 0.0462 e. The van der Waals surface area contributed by atoms with Crippen molar-refractivity contribution in [2.45, 2.75) is 70.6 Å². The molecule has 1 aliphatic rings. The Hall–Kier alpha value is -0.540. The Kier molecular flexibility index (Phi) is 8.51. The standard InChI is InChI=1S/C24H33Br2N/c25-17-9-3-1-7-14-24(15-8-2-4-10-18-26)16-13-21-20-11-5-6-12-22(20)27-23(21)19-24/h5-6,11-13,16,27H,1-4,7-10,14-15,17-19H2. The van der Waals surface area contributed by atoms with Crippen LogP contribution in [0.1, 0.15) is 75.5 Å². The Morgan fingerprint density at radius 2 is 1.44 bits per heavy atom. The molecule has 0 saturated carbocycles. The molecule has 0 bridgehead atoms. The second kappa shape index (κ2) is 10.9. The summed E-state index contributed by atoms with van der Waals surface area (Å²) in [6.07, 6.45) is 19.6. The third-order valence-corrected chi connectivity index (χ3v) is 7.20. The van der Waals surface area contributed by atoms with Gasteiger partial charge in [-0.3, -0.25) is 0 Å². The number of aromatic amines is 1. The van der Waals surface area contributed by atoms with Crippen LogP contribution in [0.2, 0.25) is 0 Å². The first-order valence-electron chi connectivity index (χ1n) is 10.7. The number of halogens is 2. The van der Waals surface area contributed by atoms with Crippen LogP contribution in [-0.2, 0) is 6.42 Å². The molecule has 1 aromatic carbocycles. The normalized spacial score (nSPS) is 15.3. The summed E-state index contributed by atoms with van der Waals surface area (Å²) in [7, 11) is 0. The zero-order chi connectivity index (χ0) is 19.0. The van der Waals surface area contributed by atoms with Gasteiger partial charge in [0.1, 0.15) is 0 Å². The van der Waals surface area contributed by atoms with E-state index in [9.17, 15) is 0 Å². The minimum Gasteiger partial charge on any atom is -0.358 e. The molecule has 0 amide bonds. The number of fused-ring (bicyclic) bond motifs is 3. The predicted octanol–water partition coefficient (Wildman–Crippen LogP) is 8.41. The maximum absolute atomic E-state index is 3.73. The number of allylic oxidation sites excluding steroid dienone is 1. The van der Waals surface area contributed by atoms with Crippen molar-refractivity contribution < 1.29 is 0 Å². The molecule has 2 aromatic rings. The SMILES string of the molecule is BrCCCCCCC1(CCCCCCBr)C=Cc2c([nH]c3ccccc23)C1. The first-order valence-corrected chi connectivity index (χ1v) is 12.9. The molecule has 0 fully saturated rings. The van der Waals surface area contributed by atoms with Gasteiger partial charge in [-0.2, -0.15) is 0 Å². The average Bonchev–Trinajstić information content (AvgIpc) is 3.05. The van der Waals surface area contributed by atoms with Gasteiger partial charge in [0.2, 0.25) is 0 Å². The molecule has 1 heterocycles. The Morgan fingerprint density at radius 1 is 0.815 bits per heavy atom. The fourth-order valence-electron chi connectivity index (χ4n) is 4.54. The van der Waals surface area contributed by atoms with Crippen molar-refractivity contribution >= 4 is 48.8 Å². The summed E-state index contributed by atoms with van der Waals surface area (Å²) < 4.78 is 0. The molecule has 1 nitrogen and oxygen atoms in total. The molecule has 27 heavy (non-hydrogen) atoms. The number of hydrogen-bond acceptors (Lipinski definition) is 0. The van der Waals surface area contributed by atoms with Gasteiger partial charge in [0.05, 0.1) is 0 Å². The Morgan fingerprint density at radius 3 is 2.11 bits per heavy atom. The van der Waals surface area contributed by atoms with Gasteiger partial charge in [0.15, 0.2) is 0 Å². The van der Waals surface area contributed by atoms with Gasteiger partial charge in [0.25, 0.3) is 0 Å². The fraction of sp³-hybridized carbons (Fsp3) is 0.583. The minimum absolute atomic E-state index is 0.358.